The minimum Gasteiger partial charge on any atom is -0.481 e. The van der Waals surface area contributed by atoms with Crippen molar-refractivity contribution in [3.63, 3.8) is 0 Å². The summed E-state index contributed by atoms with van der Waals surface area (Å²) in [7, 11) is 1.64. The van der Waals surface area contributed by atoms with Crippen molar-refractivity contribution in [3.8, 4) is 17.0 Å². The van der Waals surface area contributed by atoms with Crippen molar-refractivity contribution < 1.29 is 4.74 Å². The second-order valence-corrected chi connectivity index (χ2v) is 5.12. The zero-order chi connectivity index (χ0) is 13.9. The summed E-state index contributed by atoms with van der Waals surface area (Å²) >= 11 is 0. The maximum atomic E-state index is 5.11. The quantitative estimate of drug-likeness (QED) is 0.851. The Kier molecular flexibility index (Phi) is 3.59. The lowest BCUT2D eigenvalue weighted by Gasteiger charge is -2.30. The fourth-order valence-corrected chi connectivity index (χ4v) is 2.85. The molecule has 1 aromatic carbocycles. The summed E-state index contributed by atoms with van der Waals surface area (Å²) in [5.74, 6) is 0.656. The Hall–Kier alpha value is -2.03. The molecule has 3 heteroatoms. The van der Waals surface area contributed by atoms with E-state index < -0.39 is 0 Å². The van der Waals surface area contributed by atoms with Crippen LogP contribution >= 0.6 is 0 Å². The van der Waals surface area contributed by atoms with Gasteiger partial charge in [-0.15, -0.1) is 0 Å². The largest absolute Gasteiger partial charge is 0.481 e. The summed E-state index contributed by atoms with van der Waals surface area (Å²) in [6, 6.07) is 10.7. The summed E-state index contributed by atoms with van der Waals surface area (Å²) in [5.41, 5.74) is 5.22. The molecule has 0 radical (unpaired) electrons. The first-order valence-electron chi connectivity index (χ1n) is 7.20. The maximum Gasteiger partial charge on any atom is 0.212 e. The highest BCUT2D eigenvalue weighted by atomic mass is 16.5. The topological polar surface area (TPSA) is 25.4 Å². The van der Waals surface area contributed by atoms with Crippen molar-refractivity contribution in [2.45, 2.75) is 19.8 Å². The molecular formula is C17H20N2O. The highest BCUT2D eigenvalue weighted by Crippen LogP contribution is 2.31. The van der Waals surface area contributed by atoms with Crippen LogP contribution in [0.15, 0.2) is 36.5 Å². The fourth-order valence-electron chi connectivity index (χ4n) is 2.85. The monoisotopic (exact) mass is 268 g/mol. The molecule has 0 fully saturated rings. The Morgan fingerprint density at radius 2 is 2.05 bits per heavy atom. The normalized spacial score (nSPS) is 14.0. The number of hydrogen-bond acceptors (Lipinski definition) is 3. The van der Waals surface area contributed by atoms with Gasteiger partial charge in [-0.05, 0) is 49.1 Å². The van der Waals surface area contributed by atoms with Crippen LogP contribution in [0.2, 0.25) is 0 Å². The van der Waals surface area contributed by atoms with Gasteiger partial charge in [0.2, 0.25) is 5.88 Å². The SMILES string of the molecule is CCN1CCCc2cc(-c3ccc(OC)nc3)ccc21. The molecule has 1 aliphatic rings. The Labute approximate surface area is 120 Å². The molecule has 2 heterocycles. The number of ether oxygens (including phenoxy) is 1. The molecule has 3 rings (SSSR count). The minimum atomic E-state index is 0.656. The van der Waals surface area contributed by atoms with Gasteiger partial charge in [0.15, 0.2) is 0 Å². The molecule has 1 aromatic heterocycles. The van der Waals surface area contributed by atoms with E-state index in [4.69, 9.17) is 4.74 Å². The van der Waals surface area contributed by atoms with Crippen LogP contribution in [-0.2, 0) is 6.42 Å². The van der Waals surface area contributed by atoms with Gasteiger partial charge in [0.1, 0.15) is 0 Å². The summed E-state index contributed by atoms with van der Waals surface area (Å²) in [4.78, 5) is 6.74. The van der Waals surface area contributed by atoms with Crippen LogP contribution in [0.4, 0.5) is 5.69 Å². The fraction of sp³-hybridized carbons (Fsp3) is 0.353. The van der Waals surface area contributed by atoms with E-state index in [1.54, 1.807) is 7.11 Å². The number of aromatic nitrogens is 1. The van der Waals surface area contributed by atoms with Crippen LogP contribution in [0.5, 0.6) is 5.88 Å². The Bertz CT molecular complexity index is 592. The predicted octanol–water partition coefficient (Wildman–Crippen LogP) is 3.53. The lowest BCUT2D eigenvalue weighted by atomic mass is 9.97. The van der Waals surface area contributed by atoms with Gasteiger partial charge in [-0.2, -0.15) is 0 Å². The molecule has 0 saturated heterocycles. The van der Waals surface area contributed by atoms with Crippen molar-refractivity contribution in [1.29, 1.82) is 0 Å². The first-order chi connectivity index (χ1) is 9.81. The minimum absolute atomic E-state index is 0.656. The van der Waals surface area contributed by atoms with E-state index >= 15 is 0 Å². The van der Waals surface area contributed by atoms with Gasteiger partial charge in [0.25, 0.3) is 0 Å². The average Bonchev–Trinajstić information content (AvgIpc) is 2.53. The molecule has 104 valence electrons. The third-order valence-electron chi connectivity index (χ3n) is 3.95. The number of aryl methyl sites for hydroxylation is 1. The van der Waals surface area contributed by atoms with Gasteiger partial charge >= 0.3 is 0 Å². The molecule has 0 bridgehead atoms. The van der Waals surface area contributed by atoms with Crippen LogP contribution in [0.3, 0.4) is 0 Å². The van der Waals surface area contributed by atoms with E-state index in [9.17, 15) is 0 Å². The average molecular weight is 268 g/mol. The van der Waals surface area contributed by atoms with Gasteiger partial charge in [0, 0.05) is 36.6 Å². The summed E-state index contributed by atoms with van der Waals surface area (Å²) in [5, 5.41) is 0. The molecular weight excluding hydrogens is 248 g/mol. The van der Waals surface area contributed by atoms with Gasteiger partial charge in [-0.1, -0.05) is 6.07 Å². The third-order valence-corrected chi connectivity index (χ3v) is 3.95. The molecule has 1 aliphatic heterocycles. The first kappa shape index (κ1) is 13.0. The molecule has 20 heavy (non-hydrogen) atoms. The Morgan fingerprint density at radius 1 is 1.20 bits per heavy atom. The van der Waals surface area contributed by atoms with Crippen LogP contribution in [-0.4, -0.2) is 25.2 Å². The van der Waals surface area contributed by atoms with Gasteiger partial charge < -0.3 is 9.64 Å². The van der Waals surface area contributed by atoms with Crippen molar-refractivity contribution in [1.82, 2.24) is 4.98 Å². The zero-order valence-electron chi connectivity index (χ0n) is 12.1. The first-order valence-corrected chi connectivity index (χ1v) is 7.20. The van der Waals surface area contributed by atoms with Crippen LogP contribution in [0.1, 0.15) is 18.9 Å². The number of pyridine rings is 1. The Morgan fingerprint density at radius 3 is 2.75 bits per heavy atom. The van der Waals surface area contributed by atoms with E-state index in [1.165, 1.54) is 36.2 Å². The lowest BCUT2D eigenvalue weighted by molar-refractivity contribution is 0.398. The molecule has 0 unspecified atom stereocenters. The highest BCUT2D eigenvalue weighted by Gasteiger charge is 2.15. The molecule has 0 amide bonds. The molecule has 0 atom stereocenters. The Balaban J connectivity index is 1.95. The van der Waals surface area contributed by atoms with Crippen molar-refractivity contribution in [3.05, 3.63) is 42.1 Å². The smallest absolute Gasteiger partial charge is 0.212 e. The molecule has 0 aliphatic carbocycles. The lowest BCUT2D eigenvalue weighted by Crippen LogP contribution is -2.28. The molecule has 0 saturated carbocycles. The van der Waals surface area contributed by atoms with E-state index in [0.717, 1.165) is 12.1 Å². The van der Waals surface area contributed by atoms with Crippen LogP contribution in [0.25, 0.3) is 11.1 Å². The van der Waals surface area contributed by atoms with Gasteiger partial charge in [-0.3, -0.25) is 0 Å². The zero-order valence-corrected chi connectivity index (χ0v) is 12.1. The van der Waals surface area contributed by atoms with E-state index in [0.29, 0.717) is 5.88 Å². The van der Waals surface area contributed by atoms with Crippen LogP contribution in [0, 0.1) is 0 Å². The number of hydrogen-bond donors (Lipinski definition) is 0. The standard InChI is InChI=1S/C17H20N2O/c1-3-19-10-4-5-14-11-13(6-8-16(14)19)15-7-9-17(20-2)18-12-15/h6-9,11-12H,3-5,10H2,1-2H3. The number of anilines is 1. The molecule has 0 N–H and O–H groups in total. The number of rotatable bonds is 3. The van der Waals surface area contributed by atoms with E-state index in [-0.39, 0.29) is 0 Å². The summed E-state index contributed by atoms with van der Waals surface area (Å²) < 4.78 is 5.11. The van der Waals surface area contributed by atoms with Crippen molar-refractivity contribution >= 4 is 5.69 Å². The highest BCUT2D eigenvalue weighted by molar-refractivity contribution is 5.69. The predicted molar refractivity (Wildman–Crippen MR) is 82.4 cm³/mol. The number of benzene rings is 1. The second-order valence-electron chi connectivity index (χ2n) is 5.12. The van der Waals surface area contributed by atoms with Gasteiger partial charge in [-0.25, -0.2) is 4.98 Å². The second kappa shape index (κ2) is 5.53. The number of fused-ring (bicyclic) bond motifs is 1. The van der Waals surface area contributed by atoms with E-state index in [2.05, 4.69) is 41.1 Å². The van der Waals surface area contributed by atoms with Gasteiger partial charge in [0.05, 0.1) is 7.11 Å². The summed E-state index contributed by atoms with van der Waals surface area (Å²) in [6.07, 6.45) is 4.29. The van der Waals surface area contributed by atoms with E-state index in [1.807, 2.05) is 12.3 Å². The maximum absolute atomic E-state index is 5.11. The molecule has 0 spiro atoms. The number of methoxy groups -OCH3 is 1. The molecule has 2 aromatic rings. The van der Waals surface area contributed by atoms with Crippen molar-refractivity contribution in [2.75, 3.05) is 25.1 Å². The molecule has 3 nitrogen and oxygen atoms in total. The van der Waals surface area contributed by atoms with Crippen LogP contribution < -0.4 is 9.64 Å². The van der Waals surface area contributed by atoms with Crippen molar-refractivity contribution in [2.24, 2.45) is 0 Å². The third kappa shape index (κ3) is 2.36. The number of nitrogens with zero attached hydrogens (tertiary/aromatic N) is 2. The summed E-state index contributed by atoms with van der Waals surface area (Å²) in [6.45, 7) is 4.47.